The third-order valence-corrected chi connectivity index (χ3v) is 1.97. The highest BCUT2D eigenvalue weighted by molar-refractivity contribution is 6.16. The SMILES string of the molecule is ClCc1nc(C2CNC2)no1. The number of halogens is 1. The summed E-state index contributed by atoms with van der Waals surface area (Å²) in [5, 5.41) is 6.93. The highest BCUT2D eigenvalue weighted by Crippen LogP contribution is 2.16. The maximum atomic E-state index is 5.49. The van der Waals surface area contributed by atoms with E-state index in [1.54, 1.807) is 0 Å². The number of nitrogens with zero attached hydrogens (tertiary/aromatic N) is 2. The minimum Gasteiger partial charge on any atom is -0.338 e. The third kappa shape index (κ3) is 1.23. The maximum absolute atomic E-state index is 5.49. The summed E-state index contributed by atoms with van der Waals surface area (Å²) in [4.78, 5) is 4.10. The average Bonchev–Trinajstić information content (AvgIpc) is 2.32. The van der Waals surface area contributed by atoms with Crippen molar-refractivity contribution in [1.29, 1.82) is 0 Å². The molecule has 1 aromatic heterocycles. The van der Waals surface area contributed by atoms with Crippen LogP contribution in [0.3, 0.4) is 0 Å². The number of alkyl halides is 1. The lowest BCUT2D eigenvalue weighted by Gasteiger charge is -2.23. The zero-order chi connectivity index (χ0) is 7.68. The Labute approximate surface area is 68.9 Å². The van der Waals surface area contributed by atoms with Gasteiger partial charge in [0.15, 0.2) is 5.82 Å². The topological polar surface area (TPSA) is 51.0 Å². The van der Waals surface area contributed by atoms with E-state index in [1.807, 2.05) is 0 Å². The fourth-order valence-corrected chi connectivity index (χ4v) is 1.07. The van der Waals surface area contributed by atoms with Crippen molar-refractivity contribution in [3.05, 3.63) is 11.7 Å². The standard InChI is InChI=1S/C6H8ClN3O/c7-1-5-9-6(10-11-5)4-2-8-3-4/h4,8H,1-3H2. The van der Waals surface area contributed by atoms with Crippen LogP contribution in [0.4, 0.5) is 0 Å². The van der Waals surface area contributed by atoms with Crippen molar-refractivity contribution < 1.29 is 4.52 Å². The van der Waals surface area contributed by atoms with Crippen molar-refractivity contribution in [3.8, 4) is 0 Å². The highest BCUT2D eigenvalue weighted by atomic mass is 35.5. The molecule has 5 heteroatoms. The van der Waals surface area contributed by atoms with Gasteiger partial charge in [-0.1, -0.05) is 5.16 Å². The Morgan fingerprint density at radius 1 is 1.64 bits per heavy atom. The van der Waals surface area contributed by atoms with E-state index in [9.17, 15) is 0 Å². The summed E-state index contributed by atoms with van der Waals surface area (Å²) in [5.41, 5.74) is 0. The van der Waals surface area contributed by atoms with E-state index in [-0.39, 0.29) is 0 Å². The molecule has 0 unspecified atom stereocenters. The summed E-state index contributed by atoms with van der Waals surface area (Å²) in [5.74, 6) is 2.01. The van der Waals surface area contributed by atoms with E-state index in [0.29, 0.717) is 17.7 Å². The van der Waals surface area contributed by atoms with Crippen LogP contribution < -0.4 is 5.32 Å². The van der Waals surface area contributed by atoms with E-state index >= 15 is 0 Å². The molecule has 1 N–H and O–H groups in total. The van der Waals surface area contributed by atoms with Gasteiger partial charge in [0.1, 0.15) is 5.88 Å². The molecular weight excluding hydrogens is 166 g/mol. The normalized spacial score (nSPS) is 18.3. The van der Waals surface area contributed by atoms with Crippen LogP contribution in [0.5, 0.6) is 0 Å². The Morgan fingerprint density at radius 2 is 2.45 bits per heavy atom. The van der Waals surface area contributed by atoms with Gasteiger partial charge in [0.05, 0.1) is 0 Å². The number of nitrogens with one attached hydrogen (secondary N) is 1. The van der Waals surface area contributed by atoms with Crippen LogP contribution in [0, 0.1) is 0 Å². The van der Waals surface area contributed by atoms with E-state index in [0.717, 1.165) is 18.9 Å². The molecule has 2 rings (SSSR count). The van der Waals surface area contributed by atoms with Crippen molar-refractivity contribution in [2.45, 2.75) is 11.8 Å². The summed E-state index contributed by atoms with van der Waals surface area (Å²) in [6.45, 7) is 1.89. The van der Waals surface area contributed by atoms with E-state index < -0.39 is 0 Å². The van der Waals surface area contributed by atoms with Crippen LogP contribution in [0.15, 0.2) is 4.52 Å². The third-order valence-electron chi connectivity index (χ3n) is 1.74. The molecule has 0 spiro atoms. The minimum absolute atomic E-state index is 0.299. The quantitative estimate of drug-likeness (QED) is 0.662. The van der Waals surface area contributed by atoms with Gasteiger partial charge in [0, 0.05) is 19.0 Å². The molecule has 11 heavy (non-hydrogen) atoms. The van der Waals surface area contributed by atoms with Crippen LogP contribution >= 0.6 is 11.6 Å². The Balaban J connectivity index is 2.11. The van der Waals surface area contributed by atoms with Crippen molar-refractivity contribution >= 4 is 11.6 Å². The molecule has 2 heterocycles. The molecule has 0 amide bonds. The molecule has 1 aliphatic heterocycles. The minimum atomic E-state index is 0.299. The predicted octanol–water partition coefficient (Wildman–Crippen LogP) is 0.495. The number of hydrogen-bond donors (Lipinski definition) is 1. The van der Waals surface area contributed by atoms with Gasteiger partial charge >= 0.3 is 0 Å². The second kappa shape index (κ2) is 2.79. The summed E-state index contributed by atoms with van der Waals surface area (Å²) in [6.07, 6.45) is 0. The van der Waals surface area contributed by atoms with Crippen LogP contribution in [0.2, 0.25) is 0 Å². The fourth-order valence-electron chi connectivity index (χ4n) is 0.959. The molecule has 1 aliphatic rings. The molecule has 0 atom stereocenters. The summed E-state index contributed by atoms with van der Waals surface area (Å²) in [6, 6.07) is 0. The second-order valence-electron chi connectivity index (χ2n) is 2.54. The van der Waals surface area contributed by atoms with Gasteiger partial charge in [-0.25, -0.2) is 0 Å². The van der Waals surface area contributed by atoms with Crippen molar-refractivity contribution in [1.82, 2.24) is 15.5 Å². The highest BCUT2D eigenvalue weighted by Gasteiger charge is 2.23. The Kier molecular flexibility index (Phi) is 1.79. The molecule has 0 bridgehead atoms. The largest absolute Gasteiger partial charge is 0.338 e. The maximum Gasteiger partial charge on any atom is 0.241 e. The van der Waals surface area contributed by atoms with Gasteiger partial charge in [-0.05, 0) is 0 Å². The van der Waals surface area contributed by atoms with Crippen LogP contribution in [-0.2, 0) is 5.88 Å². The molecule has 1 fully saturated rings. The van der Waals surface area contributed by atoms with E-state index in [2.05, 4.69) is 15.5 Å². The summed E-state index contributed by atoms with van der Waals surface area (Å²) < 4.78 is 4.85. The Morgan fingerprint density at radius 3 is 2.91 bits per heavy atom. The smallest absolute Gasteiger partial charge is 0.241 e. The monoisotopic (exact) mass is 173 g/mol. The molecule has 0 aromatic carbocycles. The van der Waals surface area contributed by atoms with Crippen LogP contribution in [0.25, 0.3) is 0 Å². The van der Waals surface area contributed by atoms with Gasteiger partial charge in [-0.3, -0.25) is 0 Å². The molecule has 4 nitrogen and oxygen atoms in total. The lowest BCUT2D eigenvalue weighted by atomic mass is 10.0. The Bertz CT molecular complexity index is 246. The van der Waals surface area contributed by atoms with Crippen LogP contribution in [-0.4, -0.2) is 23.2 Å². The molecule has 1 saturated heterocycles. The van der Waals surface area contributed by atoms with E-state index in [4.69, 9.17) is 16.1 Å². The van der Waals surface area contributed by atoms with Crippen molar-refractivity contribution in [2.24, 2.45) is 0 Å². The molecule has 0 radical (unpaired) electrons. The second-order valence-corrected chi connectivity index (χ2v) is 2.80. The van der Waals surface area contributed by atoms with Gasteiger partial charge in [-0.2, -0.15) is 4.98 Å². The first-order valence-corrected chi connectivity index (χ1v) is 4.03. The molecule has 1 aromatic rings. The zero-order valence-electron chi connectivity index (χ0n) is 5.88. The molecule has 0 saturated carbocycles. The Hall–Kier alpha value is -0.610. The van der Waals surface area contributed by atoms with Crippen molar-refractivity contribution in [3.63, 3.8) is 0 Å². The fraction of sp³-hybridized carbons (Fsp3) is 0.667. The zero-order valence-corrected chi connectivity index (χ0v) is 6.64. The number of rotatable bonds is 2. The number of aromatic nitrogens is 2. The van der Waals surface area contributed by atoms with Crippen molar-refractivity contribution in [2.75, 3.05) is 13.1 Å². The first kappa shape index (κ1) is 7.06. The van der Waals surface area contributed by atoms with Gasteiger partial charge in [-0.15, -0.1) is 11.6 Å². The van der Waals surface area contributed by atoms with Gasteiger partial charge in [0.25, 0.3) is 0 Å². The lowest BCUT2D eigenvalue weighted by molar-refractivity contribution is 0.363. The predicted molar refractivity (Wildman–Crippen MR) is 39.5 cm³/mol. The first-order chi connectivity index (χ1) is 5.40. The van der Waals surface area contributed by atoms with E-state index in [1.165, 1.54) is 0 Å². The molecule has 0 aliphatic carbocycles. The van der Waals surface area contributed by atoms with Crippen LogP contribution in [0.1, 0.15) is 17.6 Å². The summed E-state index contributed by atoms with van der Waals surface area (Å²) >= 11 is 5.49. The lowest BCUT2D eigenvalue weighted by Crippen LogP contribution is -2.40. The molecule has 60 valence electrons. The number of hydrogen-bond acceptors (Lipinski definition) is 4. The molecular formula is C6H8ClN3O. The van der Waals surface area contributed by atoms with Gasteiger partial charge in [0.2, 0.25) is 5.89 Å². The average molecular weight is 174 g/mol. The summed E-state index contributed by atoms with van der Waals surface area (Å²) in [7, 11) is 0. The first-order valence-electron chi connectivity index (χ1n) is 3.49. The van der Waals surface area contributed by atoms with Gasteiger partial charge < -0.3 is 9.84 Å².